The first-order valence-electron chi connectivity index (χ1n) is 8.19. The smallest absolute Gasteiger partial charge is 0.227 e. The van der Waals surface area contributed by atoms with Crippen LogP contribution in [0.3, 0.4) is 0 Å². The van der Waals surface area contributed by atoms with Gasteiger partial charge in [0.2, 0.25) is 5.91 Å². The van der Waals surface area contributed by atoms with Crippen molar-refractivity contribution in [2.45, 2.75) is 50.6 Å². The van der Waals surface area contributed by atoms with Crippen LogP contribution in [0.2, 0.25) is 0 Å². The van der Waals surface area contributed by atoms with E-state index in [0.717, 1.165) is 44.5 Å². The van der Waals surface area contributed by atoms with Crippen molar-refractivity contribution in [3.05, 3.63) is 53.6 Å². The van der Waals surface area contributed by atoms with Gasteiger partial charge in [0.15, 0.2) is 0 Å². The molecule has 0 radical (unpaired) electrons. The van der Waals surface area contributed by atoms with Gasteiger partial charge in [-0.3, -0.25) is 4.79 Å². The number of aryl methyl sites for hydroxylation is 2. The zero-order valence-corrected chi connectivity index (χ0v) is 12.7. The summed E-state index contributed by atoms with van der Waals surface area (Å²) in [6, 6.07) is 8.62. The minimum atomic E-state index is 0.0223. The van der Waals surface area contributed by atoms with E-state index < -0.39 is 0 Å². The second-order valence-electron chi connectivity index (χ2n) is 6.38. The molecular weight excluding hydrogens is 274 g/mol. The van der Waals surface area contributed by atoms with Gasteiger partial charge >= 0.3 is 0 Å². The molecule has 1 amide bonds. The van der Waals surface area contributed by atoms with E-state index in [1.807, 2.05) is 18.5 Å². The minimum absolute atomic E-state index is 0.0223. The lowest BCUT2D eigenvalue weighted by atomic mass is 9.82. The van der Waals surface area contributed by atoms with E-state index in [9.17, 15) is 4.79 Å². The maximum atomic E-state index is 12.7. The highest BCUT2D eigenvalue weighted by Crippen LogP contribution is 2.31. The molecule has 0 spiro atoms. The second kappa shape index (κ2) is 5.59. The van der Waals surface area contributed by atoms with E-state index in [4.69, 9.17) is 0 Å². The van der Waals surface area contributed by atoms with Crippen molar-refractivity contribution in [1.29, 1.82) is 0 Å². The number of imidazole rings is 1. The standard InChI is InChI=1S/C18H21N3O/c22-18(16-7-3-5-13-4-1-2-6-15(13)16)20-14-8-9-17-19-10-11-21(17)12-14/h1-2,4,6,10-11,14,16H,3,5,7-9,12H2,(H,20,22). The van der Waals surface area contributed by atoms with Crippen molar-refractivity contribution in [3.8, 4) is 0 Å². The zero-order chi connectivity index (χ0) is 14.9. The Kier molecular flexibility index (Phi) is 3.45. The van der Waals surface area contributed by atoms with E-state index in [2.05, 4.69) is 33.1 Å². The molecule has 4 nitrogen and oxygen atoms in total. The summed E-state index contributed by atoms with van der Waals surface area (Å²) in [5.41, 5.74) is 2.57. The lowest BCUT2D eigenvalue weighted by Gasteiger charge is -2.29. The lowest BCUT2D eigenvalue weighted by molar-refractivity contribution is -0.123. The molecule has 4 heteroatoms. The fourth-order valence-electron chi connectivity index (χ4n) is 3.81. The molecule has 2 aromatic rings. The van der Waals surface area contributed by atoms with Gasteiger partial charge in [-0.1, -0.05) is 24.3 Å². The zero-order valence-electron chi connectivity index (χ0n) is 12.7. The number of hydrogen-bond acceptors (Lipinski definition) is 2. The Morgan fingerprint density at radius 1 is 1.23 bits per heavy atom. The summed E-state index contributed by atoms with van der Waals surface area (Å²) < 4.78 is 2.16. The van der Waals surface area contributed by atoms with E-state index in [1.54, 1.807) is 0 Å². The van der Waals surface area contributed by atoms with Crippen molar-refractivity contribution in [2.75, 3.05) is 0 Å². The van der Waals surface area contributed by atoms with Gasteiger partial charge in [0.25, 0.3) is 0 Å². The molecule has 2 aliphatic rings. The number of rotatable bonds is 2. The highest BCUT2D eigenvalue weighted by Gasteiger charge is 2.28. The minimum Gasteiger partial charge on any atom is -0.351 e. The molecule has 2 heterocycles. The summed E-state index contributed by atoms with van der Waals surface area (Å²) in [6.07, 6.45) is 8.94. The number of carbonyl (C=O) groups is 1. The molecule has 0 bridgehead atoms. The summed E-state index contributed by atoms with van der Waals surface area (Å²) in [6.45, 7) is 0.843. The molecule has 4 rings (SSSR count). The number of nitrogens with one attached hydrogen (secondary N) is 1. The van der Waals surface area contributed by atoms with Crippen LogP contribution in [0, 0.1) is 0 Å². The fourth-order valence-corrected chi connectivity index (χ4v) is 3.81. The third kappa shape index (κ3) is 2.43. The lowest BCUT2D eigenvalue weighted by Crippen LogP contribution is -2.43. The van der Waals surface area contributed by atoms with Crippen LogP contribution >= 0.6 is 0 Å². The molecule has 0 saturated heterocycles. The Labute approximate surface area is 130 Å². The first kappa shape index (κ1) is 13.6. The van der Waals surface area contributed by atoms with Crippen molar-refractivity contribution in [1.82, 2.24) is 14.9 Å². The Balaban J connectivity index is 1.47. The van der Waals surface area contributed by atoms with Crippen LogP contribution in [-0.2, 0) is 24.2 Å². The largest absolute Gasteiger partial charge is 0.351 e. The summed E-state index contributed by atoms with van der Waals surface area (Å²) in [7, 11) is 0. The number of amides is 1. The van der Waals surface area contributed by atoms with Crippen molar-refractivity contribution in [3.63, 3.8) is 0 Å². The Morgan fingerprint density at radius 2 is 2.14 bits per heavy atom. The number of carbonyl (C=O) groups excluding carboxylic acids is 1. The molecule has 0 fully saturated rings. The monoisotopic (exact) mass is 295 g/mol. The molecule has 1 aliphatic carbocycles. The van der Waals surface area contributed by atoms with Gasteiger partial charge in [0.1, 0.15) is 5.82 Å². The number of aromatic nitrogens is 2. The SMILES string of the molecule is O=C(NC1CCc2nccn2C1)C1CCCc2ccccc21. The van der Waals surface area contributed by atoms with Crippen LogP contribution in [0.4, 0.5) is 0 Å². The molecule has 0 saturated carbocycles. The average molecular weight is 295 g/mol. The number of hydrogen-bond donors (Lipinski definition) is 1. The normalized spacial score (nSPS) is 23.5. The Hall–Kier alpha value is -2.10. The van der Waals surface area contributed by atoms with E-state index >= 15 is 0 Å². The van der Waals surface area contributed by atoms with Crippen LogP contribution in [-0.4, -0.2) is 21.5 Å². The molecule has 1 aliphatic heterocycles. The van der Waals surface area contributed by atoms with Gasteiger partial charge in [-0.25, -0.2) is 4.98 Å². The molecule has 1 aromatic heterocycles. The van der Waals surface area contributed by atoms with E-state index in [-0.39, 0.29) is 17.9 Å². The molecule has 22 heavy (non-hydrogen) atoms. The van der Waals surface area contributed by atoms with Gasteiger partial charge in [0, 0.05) is 31.4 Å². The summed E-state index contributed by atoms with van der Waals surface area (Å²) >= 11 is 0. The summed E-state index contributed by atoms with van der Waals surface area (Å²) in [5, 5.41) is 3.27. The topological polar surface area (TPSA) is 46.9 Å². The quantitative estimate of drug-likeness (QED) is 0.925. The predicted octanol–water partition coefficient (Wildman–Crippen LogP) is 2.43. The molecule has 1 aromatic carbocycles. The fraction of sp³-hybridized carbons (Fsp3) is 0.444. The van der Waals surface area contributed by atoms with Gasteiger partial charge in [-0.15, -0.1) is 0 Å². The number of benzene rings is 1. The van der Waals surface area contributed by atoms with Crippen molar-refractivity contribution >= 4 is 5.91 Å². The summed E-state index contributed by atoms with van der Waals surface area (Å²) in [5.74, 6) is 1.35. The summed E-state index contributed by atoms with van der Waals surface area (Å²) in [4.78, 5) is 17.1. The molecular formula is C18H21N3O. The van der Waals surface area contributed by atoms with E-state index in [0.29, 0.717) is 0 Å². The number of fused-ring (bicyclic) bond motifs is 2. The van der Waals surface area contributed by atoms with E-state index in [1.165, 1.54) is 11.1 Å². The molecule has 114 valence electrons. The predicted molar refractivity (Wildman–Crippen MR) is 84.6 cm³/mol. The Bertz CT molecular complexity index is 691. The van der Waals surface area contributed by atoms with Gasteiger partial charge in [0.05, 0.1) is 5.92 Å². The van der Waals surface area contributed by atoms with Gasteiger partial charge in [-0.2, -0.15) is 0 Å². The highest BCUT2D eigenvalue weighted by atomic mass is 16.1. The van der Waals surface area contributed by atoms with Crippen LogP contribution in [0.25, 0.3) is 0 Å². The third-order valence-corrected chi connectivity index (χ3v) is 4.97. The third-order valence-electron chi connectivity index (χ3n) is 4.97. The average Bonchev–Trinajstić information content (AvgIpc) is 3.02. The van der Waals surface area contributed by atoms with Crippen LogP contribution < -0.4 is 5.32 Å². The van der Waals surface area contributed by atoms with Crippen LogP contribution in [0.1, 0.15) is 42.1 Å². The van der Waals surface area contributed by atoms with Crippen LogP contribution in [0.5, 0.6) is 0 Å². The highest BCUT2D eigenvalue weighted by molar-refractivity contribution is 5.84. The van der Waals surface area contributed by atoms with Gasteiger partial charge < -0.3 is 9.88 Å². The maximum absolute atomic E-state index is 12.7. The van der Waals surface area contributed by atoms with Gasteiger partial charge in [-0.05, 0) is 36.8 Å². The van der Waals surface area contributed by atoms with Crippen molar-refractivity contribution in [2.24, 2.45) is 0 Å². The Morgan fingerprint density at radius 3 is 3.09 bits per heavy atom. The first-order chi connectivity index (χ1) is 10.8. The molecule has 1 N–H and O–H groups in total. The first-order valence-corrected chi connectivity index (χ1v) is 8.19. The maximum Gasteiger partial charge on any atom is 0.227 e. The van der Waals surface area contributed by atoms with Crippen LogP contribution in [0.15, 0.2) is 36.7 Å². The molecule has 2 unspecified atom stereocenters. The number of nitrogens with zero attached hydrogens (tertiary/aromatic N) is 2. The van der Waals surface area contributed by atoms with Crippen molar-refractivity contribution < 1.29 is 4.79 Å². The molecule has 2 atom stereocenters. The second-order valence-corrected chi connectivity index (χ2v) is 6.38.